The maximum atomic E-state index is 13.0. The minimum absolute atomic E-state index is 0.0514. The second-order valence-electron chi connectivity index (χ2n) is 8.00. The molecular formula is C24H26N4O3S. The molecular weight excluding hydrogens is 424 g/mol. The van der Waals surface area contributed by atoms with Crippen LogP contribution in [0.1, 0.15) is 31.5 Å². The third kappa shape index (κ3) is 4.46. The number of aromatic nitrogens is 3. The van der Waals surface area contributed by atoms with Crippen LogP contribution in [0, 0.1) is 0 Å². The SMILES string of the molecule is CCN(CC1COc2ccccc2O1)C(=O)CSc1nnc(C2CC2)n1-c1ccccc1. The van der Waals surface area contributed by atoms with Crippen LogP contribution in [-0.2, 0) is 4.79 Å². The molecule has 0 spiro atoms. The number of ether oxygens (including phenoxy) is 2. The molecule has 166 valence electrons. The Morgan fingerprint density at radius 2 is 1.84 bits per heavy atom. The Morgan fingerprint density at radius 1 is 1.09 bits per heavy atom. The molecule has 32 heavy (non-hydrogen) atoms. The molecule has 0 bridgehead atoms. The van der Waals surface area contributed by atoms with E-state index in [1.165, 1.54) is 11.8 Å². The maximum Gasteiger partial charge on any atom is 0.233 e. The lowest BCUT2D eigenvalue weighted by Gasteiger charge is -2.30. The highest BCUT2D eigenvalue weighted by atomic mass is 32.2. The summed E-state index contributed by atoms with van der Waals surface area (Å²) in [5.74, 6) is 3.28. The van der Waals surface area contributed by atoms with E-state index in [2.05, 4.69) is 26.9 Å². The molecule has 5 rings (SSSR count). The van der Waals surface area contributed by atoms with Crippen LogP contribution in [0.2, 0.25) is 0 Å². The van der Waals surface area contributed by atoms with Gasteiger partial charge in [0.15, 0.2) is 22.8 Å². The van der Waals surface area contributed by atoms with E-state index in [0.29, 0.717) is 31.4 Å². The minimum atomic E-state index is -0.187. The number of rotatable bonds is 8. The number of hydrogen-bond acceptors (Lipinski definition) is 6. The van der Waals surface area contributed by atoms with Crippen LogP contribution < -0.4 is 9.47 Å². The van der Waals surface area contributed by atoms with Crippen molar-refractivity contribution in [1.29, 1.82) is 0 Å². The summed E-state index contributed by atoms with van der Waals surface area (Å²) in [4.78, 5) is 14.8. The summed E-state index contributed by atoms with van der Waals surface area (Å²) in [6.07, 6.45) is 2.10. The topological polar surface area (TPSA) is 69.5 Å². The molecule has 1 saturated carbocycles. The van der Waals surface area contributed by atoms with Gasteiger partial charge < -0.3 is 14.4 Å². The van der Waals surface area contributed by atoms with E-state index in [0.717, 1.165) is 41.0 Å². The van der Waals surface area contributed by atoms with Gasteiger partial charge in [-0.2, -0.15) is 0 Å². The summed E-state index contributed by atoms with van der Waals surface area (Å²) >= 11 is 1.44. The zero-order valence-corrected chi connectivity index (χ0v) is 18.8. The van der Waals surface area contributed by atoms with Gasteiger partial charge >= 0.3 is 0 Å². The lowest BCUT2D eigenvalue weighted by Crippen LogP contribution is -2.44. The third-order valence-electron chi connectivity index (χ3n) is 5.67. The molecule has 1 amide bonds. The van der Waals surface area contributed by atoms with Crippen molar-refractivity contribution in [3.8, 4) is 17.2 Å². The number of fused-ring (bicyclic) bond motifs is 1. The third-order valence-corrected chi connectivity index (χ3v) is 6.58. The molecule has 1 atom stereocenters. The molecule has 1 aliphatic carbocycles. The monoisotopic (exact) mass is 450 g/mol. The predicted octanol–water partition coefficient (Wildman–Crippen LogP) is 3.93. The quantitative estimate of drug-likeness (QED) is 0.485. The van der Waals surface area contributed by atoms with E-state index in [1.807, 2.05) is 54.3 Å². The summed E-state index contributed by atoms with van der Waals surface area (Å²) in [6.45, 7) is 3.52. The lowest BCUT2D eigenvalue weighted by atomic mass is 10.2. The van der Waals surface area contributed by atoms with Crippen molar-refractivity contribution in [3.05, 3.63) is 60.4 Å². The van der Waals surface area contributed by atoms with Gasteiger partial charge in [-0.15, -0.1) is 10.2 Å². The largest absolute Gasteiger partial charge is 0.486 e. The first-order valence-electron chi connectivity index (χ1n) is 11.0. The summed E-state index contributed by atoms with van der Waals surface area (Å²) < 4.78 is 13.9. The van der Waals surface area contributed by atoms with Gasteiger partial charge in [0.1, 0.15) is 12.4 Å². The van der Waals surface area contributed by atoms with Crippen molar-refractivity contribution in [2.75, 3.05) is 25.4 Å². The number of likely N-dealkylation sites (N-methyl/N-ethyl adjacent to an activating group) is 1. The average molecular weight is 451 g/mol. The summed E-state index contributed by atoms with van der Waals surface area (Å²) in [5, 5.41) is 9.61. The van der Waals surface area contributed by atoms with E-state index in [-0.39, 0.29) is 12.0 Å². The van der Waals surface area contributed by atoms with Gasteiger partial charge in [0.2, 0.25) is 5.91 Å². The summed E-state index contributed by atoms with van der Waals surface area (Å²) in [5.41, 5.74) is 1.04. The van der Waals surface area contributed by atoms with Gasteiger partial charge in [-0.25, -0.2) is 0 Å². The van der Waals surface area contributed by atoms with Crippen LogP contribution in [-0.4, -0.2) is 57.1 Å². The van der Waals surface area contributed by atoms with Crippen LogP contribution in [0.15, 0.2) is 59.8 Å². The van der Waals surface area contributed by atoms with Gasteiger partial charge in [-0.3, -0.25) is 9.36 Å². The number of amides is 1. The molecule has 2 heterocycles. The Balaban J connectivity index is 1.24. The lowest BCUT2D eigenvalue weighted by molar-refractivity contribution is -0.129. The van der Waals surface area contributed by atoms with E-state index in [9.17, 15) is 4.79 Å². The number of carbonyl (C=O) groups is 1. The summed E-state index contributed by atoms with van der Waals surface area (Å²) in [7, 11) is 0. The Bertz CT molecular complexity index is 1080. The van der Waals surface area contributed by atoms with Gasteiger partial charge in [-0.1, -0.05) is 42.1 Å². The normalized spacial score (nSPS) is 17.2. The Morgan fingerprint density at radius 3 is 2.59 bits per heavy atom. The zero-order chi connectivity index (χ0) is 21.9. The summed E-state index contributed by atoms with van der Waals surface area (Å²) in [6, 6.07) is 17.7. The molecule has 0 saturated heterocycles. The number of hydrogen-bond donors (Lipinski definition) is 0. The number of carbonyl (C=O) groups excluding carboxylic acids is 1. The highest BCUT2D eigenvalue weighted by Crippen LogP contribution is 2.41. The predicted molar refractivity (Wildman–Crippen MR) is 123 cm³/mol. The molecule has 3 aromatic rings. The molecule has 1 aliphatic heterocycles. The highest BCUT2D eigenvalue weighted by Gasteiger charge is 2.31. The molecule has 8 heteroatoms. The Labute approximate surface area is 191 Å². The van der Waals surface area contributed by atoms with E-state index in [1.54, 1.807) is 0 Å². The molecule has 0 N–H and O–H groups in total. The van der Waals surface area contributed by atoms with Crippen molar-refractivity contribution >= 4 is 17.7 Å². The number of thioether (sulfide) groups is 1. The zero-order valence-electron chi connectivity index (χ0n) is 18.0. The standard InChI is InChI=1S/C24H26N4O3S/c1-2-27(14-19-15-30-20-10-6-7-11-21(20)31-19)22(29)16-32-24-26-25-23(17-12-13-17)28(24)18-8-4-3-5-9-18/h3-11,17,19H,2,12-16H2,1H3. The average Bonchev–Trinajstić information content (AvgIpc) is 3.60. The van der Waals surface area contributed by atoms with Crippen LogP contribution in [0.4, 0.5) is 0 Å². The van der Waals surface area contributed by atoms with Gasteiger partial charge in [-0.05, 0) is 44.0 Å². The number of benzene rings is 2. The van der Waals surface area contributed by atoms with E-state index < -0.39 is 0 Å². The Kier molecular flexibility index (Phi) is 6.03. The van der Waals surface area contributed by atoms with E-state index in [4.69, 9.17) is 9.47 Å². The molecule has 1 unspecified atom stereocenters. The number of para-hydroxylation sites is 3. The fraction of sp³-hybridized carbons (Fsp3) is 0.375. The van der Waals surface area contributed by atoms with Crippen LogP contribution in [0.25, 0.3) is 5.69 Å². The fourth-order valence-corrected chi connectivity index (χ4v) is 4.69. The first kappa shape index (κ1) is 20.9. The van der Waals surface area contributed by atoms with Gasteiger partial charge in [0.25, 0.3) is 0 Å². The van der Waals surface area contributed by atoms with Crippen molar-refractivity contribution < 1.29 is 14.3 Å². The van der Waals surface area contributed by atoms with Crippen molar-refractivity contribution in [1.82, 2.24) is 19.7 Å². The smallest absolute Gasteiger partial charge is 0.233 e. The second kappa shape index (κ2) is 9.24. The van der Waals surface area contributed by atoms with Gasteiger partial charge in [0, 0.05) is 18.2 Å². The van der Waals surface area contributed by atoms with Gasteiger partial charge in [0.05, 0.1) is 12.3 Å². The second-order valence-corrected chi connectivity index (χ2v) is 8.95. The highest BCUT2D eigenvalue weighted by molar-refractivity contribution is 7.99. The first-order chi connectivity index (χ1) is 15.7. The Hall–Kier alpha value is -3.00. The van der Waals surface area contributed by atoms with Crippen molar-refractivity contribution in [2.24, 2.45) is 0 Å². The van der Waals surface area contributed by atoms with E-state index >= 15 is 0 Å². The van der Waals surface area contributed by atoms with Crippen LogP contribution in [0.5, 0.6) is 11.5 Å². The maximum absolute atomic E-state index is 13.0. The molecule has 2 aromatic carbocycles. The molecule has 2 aliphatic rings. The van der Waals surface area contributed by atoms with Crippen molar-refractivity contribution in [2.45, 2.75) is 36.9 Å². The molecule has 1 aromatic heterocycles. The van der Waals surface area contributed by atoms with Crippen LogP contribution >= 0.6 is 11.8 Å². The fourth-order valence-electron chi connectivity index (χ4n) is 3.82. The first-order valence-corrected chi connectivity index (χ1v) is 12.0. The number of nitrogens with zero attached hydrogens (tertiary/aromatic N) is 4. The minimum Gasteiger partial charge on any atom is -0.486 e. The molecule has 7 nitrogen and oxygen atoms in total. The van der Waals surface area contributed by atoms with Crippen LogP contribution in [0.3, 0.4) is 0 Å². The van der Waals surface area contributed by atoms with Crippen molar-refractivity contribution in [3.63, 3.8) is 0 Å². The molecule has 1 fully saturated rings. The molecule has 0 radical (unpaired) electrons.